The summed E-state index contributed by atoms with van der Waals surface area (Å²) < 4.78 is 45.4. The molecule has 1 saturated heterocycles. The Hall–Kier alpha value is -4.38. The largest absolute Gasteiger partial charge is 0.441 e. The molecule has 3 aromatic rings. The first-order valence-electron chi connectivity index (χ1n) is 14.4. The van der Waals surface area contributed by atoms with E-state index in [0.29, 0.717) is 42.9 Å². The molecule has 1 aliphatic carbocycles. The van der Waals surface area contributed by atoms with E-state index in [9.17, 15) is 28.1 Å². The first-order valence-corrected chi connectivity index (χ1v) is 16.7. The van der Waals surface area contributed by atoms with Crippen LogP contribution < -0.4 is 20.1 Å². The number of carbonyl (C=O) groups is 2. The molecule has 1 atom stereocenters. The lowest BCUT2D eigenvalue weighted by Crippen LogP contribution is -2.43. The predicted molar refractivity (Wildman–Crippen MR) is 170 cm³/mol. The number of carbonyl (C=O) groups excluding carboxylic acids is 2. The number of nitrogens with one attached hydrogen (secondary N) is 3. The summed E-state index contributed by atoms with van der Waals surface area (Å²) in [4.78, 5) is 40.1. The molecule has 46 heavy (non-hydrogen) atoms. The van der Waals surface area contributed by atoms with Crippen LogP contribution in [0.5, 0.6) is 5.75 Å². The Morgan fingerprint density at radius 2 is 1.85 bits per heavy atom. The number of thiazole rings is 1. The van der Waals surface area contributed by atoms with Crippen molar-refractivity contribution < 1.29 is 37.1 Å². The number of non-ortho nitro benzene ring substituents is 1. The molecule has 244 valence electrons. The minimum Gasteiger partial charge on any atom is -0.441 e. The molecule has 1 fully saturated rings. The molecule has 5 rings (SSSR count). The van der Waals surface area contributed by atoms with E-state index in [1.807, 2.05) is 6.08 Å². The number of nitro groups is 1. The number of nitro benzene ring substituents is 1. The molecule has 1 aromatic heterocycles. The van der Waals surface area contributed by atoms with E-state index in [1.54, 1.807) is 39.1 Å². The minimum absolute atomic E-state index is 0.0657. The zero-order valence-electron chi connectivity index (χ0n) is 25.3. The second kappa shape index (κ2) is 13.5. The summed E-state index contributed by atoms with van der Waals surface area (Å²) in [6.07, 6.45) is 4.04. The van der Waals surface area contributed by atoms with E-state index in [-0.39, 0.29) is 34.2 Å². The van der Waals surface area contributed by atoms with Gasteiger partial charge < -0.3 is 19.5 Å². The van der Waals surface area contributed by atoms with Crippen molar-refractivity contribution >= 4 is 50.5 Å². The zero-order chi connectivity index (χ0) is 33.1. The van der Waals surface area contributed by atoms with Gasteiger partial charge in [0.2, 0.25) is 10.0 Å². The number of anilines is 1. The van der Waals surface area contributed by atoms with Crippen LogP contribution in [0.1, 0.15) is 45.0 Å². The van der Waals surface area contributed by atoms with Gasteiger partial charge in [0.05, 0.1) is 27.9 Å². The molecule has 16 heteroatoms. The van der Waals surface area contributed by atoms with Gasteiger partial charge in [0.25, 0.3) is 5.69 Å². The van der Waals surface area contributed by atoms with E-state index < -0.39 is 32.7 Å². The second-order valence-corrected chi connectivity index (χ2v) is 14.5. The molecule has 3 N–H and O–H groups in total. The number of allylic oxidation sites excluding steroid dienone is 1. The van der Waals surface area contributed by atoms with Crippen molar-refractivity contribution in [1.29, 1.82) is 0 Å². The van der Waals surface area contributed by atoms with Gasteiger partial charge in [-0.25, -0.2) is 27.7 Å². The van der Waals surface area contributed by atoms with Gasteiger partial charge in [0.1, 0.15) is 10.8 Å². The molecule has 1 aliphatic heterocycles. The number of benzene rings is 2. The maximum absolute atomic E-state index is 13.6. The first-order chi connectivity index (χ1) is 21.8. The van der Waals surface area contributed by atoms with Crippen molar-refractivity contribution in [1.82, 2.24) is 15.0 Å². The average Bonchev–Trinajstić information content (AvgIpc) is 3.45. The first kappa shape index (κ1) is 33.0. The molecular weight excluding hydrogens is 638 g/mol. The van der Waals surface area contributed by atoms with Crippen LogP contribution in [0.2, 0.25) is 0 Å². The summed E-state index contributed by atoms with van der Waals surface area (Å²) in [6, 6.07) is 9.37. The normalized spacial score (nSPS) is 16.9. The third kappa shape index (κ3) is 8.45. The van der Waals surface area contributed by atoms with E-state index >= 15 is 0 Å². The molecule has 0 bridgehead atoms. The van der Waals surface area contributed by atoms with E-state index in [1.165, 1.54) is 41.7 Å². The van der Waals surface area contributed by atoms with Crippen LogP contribution in [0.3, 0.4) is 0 Å². The van der Waals surface area contributed by atoms with Gasteiger partial charge in [-0.2, -0.15) is 0 Å². The lowest BCUT2D eigenvalue weighted by atomic mass is 9.96. The fourth-order valence-corrected chi connectivity index (χ4v) is 7.47. The number of rotatable bonds is 9. The standard InChI is InChI=1S/C30H33N5O9S2/c1-30(2,3)34-46(40,41)26-14-20(33-29(37)43-22-11-9-21(10-12-22)35(38)39)8-13-24(26)25-15-31-27(45-25)18-4-6-19(7-5-18)32-28(36)44-23-16-42-17-23/h4,8-15,19,23,34H,5-7,16-17H2,1-3H3,(H,32,36)(H,33,37). The molecule has 2 amide bonds. The van der Waals surface area contributed by atoms with E-state index in [4.69, 9.17) is 14.2 Å². The predicted octanol–water partition coefficient (Wildman–Crippen LogP) is 5.47. The number of hydrogen-bond donors (Lipinski definition) is 3. The third-order valence-electron chi connectivity index (χ3n) is 6.88. The summed E-state index contributed by atoms with van der Waals surface area (Å²) in [5, 5.41) is 17.0. The smallest absolute Gasteiger partial charge is 0.417 e. The number of amides is 2. The van der Waals surface area contributed by atoms with E-state index in [2.05, 4.69) is 20.3 Å². The lowest BCUT2D eigenvalue weighted by Gasteiger charge is -2.27. The number of alkyl carbamates (subject to hydrolysis) is 1. The second-order valence-electron chi connectivity index (χ2n) is 11.8. The van der Waals surface area contributed by atoms with Crippen molar-refractivity contribution in [2.24, 2.45) is 0 Å². The number of hydrogen-bond acceptors (Lipinski definition) is 11. The topological polar surface area (TPSA) is 188 Å². The van der Waals surface area contributed by atoms with Crippen LogP contribution in [0.4, 0.5) is 21.0 Å². The van der Waals surface area contributed by atoms with Gasteiger partial charge >= 0.3 is 12.2 Å². The van der Waals surface area contributed by atoms with Crippen LogP contribution in [0, 0.1) is 10.1 Å². The van der Waals surface area contributed by atoms with Gasteiger partial charge in [-0.15, -0.1) is 11.3 Å². The van der Waals surface area contributed by atoms with Crippen molar-refractivity contribution in [3.63, 3.8) is 0 Å². The summed E-state index contributed by atoms with van der Waals surface area (Å²) in [5.41, 5.74) is 0.608. The highest BCUT2D eigenvalue weighted by Gasteiger charge is 2.28. The van der Waals surface area contributed by atoms with Gasteiger partial charge in [-0.05, 0) is 69.9 Å². The highest BCUT2D eigenvalue weighted by molar-refractivity contribution is 7.89. The van der Waals surface area contributed by atoms with Crippen molar-refractivity contribution in [2.75, 3.05) is 18.5 Å². The molecule has 2 aliphatic rings. The summed E-state index contributed by atoms with van der Waals surface area (Å²) in [5.74, 6) is 0.0713. The maximum atomic E-state index is 13.6. The fraction of sp³-hybridized carbons (Fsp3) is 0.367. The Kier molecular flexibility index (Phi) is 9.71. The molecule has 2 heterocycles. The Balaban J connectivity index is 1.33. The zero-order valence-corrected chi connectivity index (χ0v) is 26.9. The monoisotopic (exact) mass is 671 g/mol. The third-order valence-corrected chi connectivity index (χ3v) is 9.78. The van der Waals surface area contributed by atoms with E-state index in [0.717, 1.165) is 10.6 Å². The average molecular weight is 672 g/mol. The maximum Gasteiger partial charge on any atom is 0.417 e. The summed E-state index contributed by atoms with van der Waals surface area (Å²) >= 11 is 1.34. The Morgan fingerprint density at radius 3 is 2.46 bits per heavy atom. The molecule has 0 radical (unpaired) electrons. The van der Waals surface area contributed by atoms with Gasteiger partial charge in [0.15, 0.2) is 6.10 Å². The Morgan fingerprint density at radius 1 is 1.11 bits per heavy atom. The SMILES string of the molecule is CC(C)(C)NS(=O)(=O)c1cc(NC(=O)Oc2ccc([N+](=O)[O-])cc2)ccc1-c1cnc(C2=CCC(NC(=O)OC3COC3)CC2)s1. The fourth-order valence-electron chi connectivity index (χ4n) is 4.71. The minimum atomic E-state index is -4.07. The highest BCUT2D eigenvalue weighted by atomic mass is 32.2. The number of nitrogens with zero attached hydrogens (tertiary/aromatic N) is 2. The van der Waals surface area contributed by atoms with Gasteiger partial charge in [0, 0.05) is 41.2 Å². The molecule has 0 spiro atoms. The van der Waals surface area contributed by atoms with Crippen molar-refractivity contribution in [3.05, 3.63) is 69.9 Å². The molecular formula is C30H33N5O9S2. The lowest BCUT2D eigenvalue weighted by molar-refractivity contribution is -0.384. The summed E-state index contributed by atoms with van der Waals surface area (Å²) in [7, 11) is -4.07. The Labute approximate surface area is 269 Å². The van der Waals surface area contributed by atoms with Crippen LogP contribution >= 0.6 is 11.3 Å². The van der Waals surface area contributed by atoms with Gasteiger partial charge in [-0.3, -0.25) is 15.4 Å². The van der Waals surface area contributed by atoms with Crippen molar-refractivity contribution in [3.8, 4) is 16.2 Å². The number of ether oxygens (including phenoxy) is 3. The van der Waals surface area contributed by atoms with Crippen LogP contribution in [0.25, 0.3) is 16.0 Å². The van der Waals surface area contributed by atoms with Crippen LogP contribution in [-0.4, -0.2) is 61.4 Å². The molecule has 0 saturated carbocycles. The highest BCUT2D eigenvalue weighted by Crippen LogP contribution is 2.38. The number of sulfonamides is 1. The molecule has 14 nitrogen and oxygen atoms in total. The molecule has 1 unspecified atom stereocenters. The van der Waals surface area contributed by atoms with Crippen molar-refractivity contribution in [2.45, 2.75) is 62.6 Å². The van der Waals surface area contributed by atoms with Crippen LogP contribution in [-0.2, 0) is 19.5 Å². The summed E-state index contributed by atoms with van der Waals surface area (Å²) in [6.45, 7) is 5.99. The quantitative estimate of drug-likeness (QED) is 0.194. The Bertz CT molecular complexity index is 1760. The van der Waals surface area contributed by atoms with Crippen LogP contribution in [0.15, 0.2) is 59.6 Å². The van der Waals surface area contributed by atoms with Gasteiger partial charge in [-0.1, -0.05) is 12.1 Å². The molecule has 2 aromatic carbocycles. The number of aromatic nitrogens is 1.